The summed E-state index contributed by atoms with van der Waals surface area (Å²) in [4.78, 5) is 0. The van der Waals surface area contributed by atoms with Crippen molar-refractivity contribution in [2.45, 2.75) is 71.2 Å². The number of benzene rings is 1. The second-order valence-corrected chi connectivity index (χ2v) is 7.43. The Hall–Kier alpha value is -1.70. The van der Waals surface area contributed by atoms with Gasteiger partial charge in [0.15, 0.2) is 17.4 Å². The predicted molar refractivity (Wildman–Crippen MR) is 96.8 cm³/mol. The van der Waals surface area contributed by atoms with E-state index in [0.717, 1.165) is 25.7 Å². The van der Waals surface area contributed by atoms with E-state index in [0.29, 0.717) is 30.9 Å². The molecule has 164 valence electrons. The third-order valence-electron chi connectivity index (χ3n) is 5.18. The van der Waals surface area contributed by atoms with Gasteiger partial charge in [0.1, 0.15) is 0 Å². The summed E-state index contributed by atoms with van der Waals surface area (Å²) < 4.78 is 88.2. The monoisotopic (exact) mass is 424 g/mol. The zero-order valence-electron chi connectivity index (χ0n) is 16.3. The summed E-state index contributed by atoms with van der Waals surface area (Å²) in [5.41, 5.74) is -0.228. The fraction of sp³-hybridized carbons (Fsp3) is 0.619. The second-order valence-electron chi connectivity index (χ2n) is 7.43. The van der Waals surface area contributed by atoms with Crippen molar-refractivity contribution in [2.75, 3.05) is 0 Å². The van der Waals surface area contributed by atoms with Crippen LogP contribution in [0.15, 0.2) is 24.3 Å². The van der Waals surface area contributed by atoms with Crippen LogP contribution in [0.25, 0.3) is 0 Å². The summed E-state index contributed by atoms with van der Waals surface area (Å²) in [6, 6.07) is 1.29. The molecule has 0 amide bonds. The fourth-order valence-electron chi connectivity index (χ4n) is 3.70. The maximum Gasteiger partial charge on any atom is 0.387 e. The summed E-state index contributed by atoms with van der Waals surface area (Å²) >= 11 is 0. The molecule has 2 rings (SSSR count). The number of allylic oxidation sites excluding steroid dienone is 2. The van der Waals surface area contributed by atoms with Gasteiger partial charge in [-0.25, -0.2) is 8.78 Å². The molecule has 0 N–H and O–H groups in total. The van der Waals surface area contributed by atoms with Crippen LogP contribution >= 0.6 is 0 Å². The molecular formula is C21H26F6O2. The van der Waals surface area contributed by atoms with Crippen LogP contribution in [0.5, 0.6) is 5.75 Å². The lowest BCUT2D eigenvalue weighted by Gasteiger charge is -2.30. The number of halogens is 6. The van der Waals surface area contributed by atoms with Gasteiger partial charge in [-0.15, -0.1) is 0 Å². The molecule has 0 unspecified atom stereocenters. The quantitative estimate of drug-likeness (QED) is 0.291. The molecule has 1 fully saturated rings. The molecule has 0 aliphatic heterocycles. The Labute approximate surface area is 166 Å². The van der Waals surface area contributed by atoms with Crippen molar-refractivity contribution in [1.29, 1.82) is 0 Å². The zero-order chi connectivity index (χ0) is 21.4. The lowest BCUT2D eigenvalue weighted by Crippen LogP contribution is -2.27. The van der Waals surface area contributed by atoms with Crippen molar-refractivity contribution in [1.82, 2.24) is 0 Å². The fourth-order valence-corrected chi connectivity index (χ4v) is 3.70. The van der Waals surface area contributed by atoms with E-state index in [4.69, 9.17) is 0 Å². The summed E-state index contributed by atoms with van der Waals surface area (Å²) in [5.74, 6) is -3.66. The zero-order valence-corrected chi connectivity index (χ0v) is 16.3. The number of ether oxygens (including phenoxy) is 2. The second kappa shape index (κ2) is 10.9. The Morgan fingerprint density at radius 2 is 1.66 bits per heavy atom. The van der Waals surface area contributed by atoms with Crippen LogP contribution < -0.4 is 4.74 Å². The number of rotatable bonds is 10. The smallest absolute Gasteiger partial charge is 0.387 e. The first kappa shape index (κ1) is 23.6. The van der Waals surface area contributed by atoms with Crippen LogP contribution in [0, 0.1) is 23.5 Å². The van der Waals surface area contributed by atoms with Gasteiger partial charge in [-0.05, 0) is 62.1 Å². The van der Waals surface area contributed by atoms with Gasteiger partial charge >= 0.3 is 12.7 Å². The van der Waals surface area contributed by atoms with Crippen LogP contribution in [-0.4, -0.2) is 12.7 Å². The molecule has 29 heavy (non-hydrogen) atoms. The minimum Gasteiger partial charge on any atom is -0.429 e. The normalized spacial score (nSPS) is 20.6. The first-order valence-corrected chi connectivity index (χ1v) is 9.76. The van der Waals surface area contributed by atoms with Crippen LogP contribution in [0.4, 0.5) is 26.3 Å². The highest BCUT2D eigenvalue weighted by atomic mass is 19.3. The molecule has 0 saturated heterocycles. The molecule has 0 bridgehead atoms. The molecule has 0 aromatic heterocycles. The molecule has 0 radical (unpaired) electrons. The molecule has 1 aliphatic rings. The van der Waals surface area contributed by atoms with Crippen molar-refractivity contribution in [3.8, 4) is 5.75 Å². The Kier molecular flexibility index (Phi) is 8.86. The minimum atomic E-state index is -3.44. The molecule has 2 nitrogen and oxygen atoms in total. The summed E-state index contributed by atoms with van der Waals surface area (Å²) in [7, 11) is 0. The number of hydrogen-bond donors (Lipinski definition) is 0. The Morgan fingerprint density at radius 1 is 1.07 bits per heavy atom. The highest BCUT2D eigenvalue weighted by Gasteiger charge is 2.35. The van der Waals surface area contributed by atoms with Crippen LogP contribution in [0.2, 0.25) is 0 Å². The highest BCUT2D eigenvalue weighted by molar-refractivity contribution is 5.31. The van der Waals surface area contributed by atoms with Gasteiger partial charge in [-0.2, -0.15) is 17.6 Å². The lowest BCUT2D eigenvalue weighted by atomic mass is 9.78. The largest absolute Gasteiger partial charge is 0.429 e. The molecule has 0 spiro atoms. The van der Waals surface area contributed by atoms with Crippen molar-refractivity contribution < 1.29 is 35.8 Å². The maximum absolute atomic E-state index is 14.1. The first-order chi connectivity index (χ1) is 13.7. The van der Waals surface area contributed by atoms with Gasteiger partial charge < -0.3 is 9.47 Å². The average Bonchev–Trinajstić information content (AvgIpc) is 2.64. The summed E-state index contributed by atoms with van der Waals surface area (Å²) in [6.45, 7) is -2.18. The van der Waals surface area contributed by atoms with Gasteiger partial charge in [0.25, 0.3) is 0 Å². The van der Waals surface area contributed by atoms with Gasteiger partial charge in [-0.1, -0.05) is 25.0 Å². The van der Waals surface area contributed by atoms with Crippen LogP contribution in [0.1, 0.15) is 57.4 Å². The standard InChI is InChI=1S/C21H26F6O2/c1-2-3-4-5-14-6-8-15(9-7-14)12-21(26,27)28-13-16-10-17(22)19(18(23)11-16)29-20(24)25/h2-3,10-11,14-15,20H,4-9,12-13H2,1H3/b3-2+. The Bertz CT molecular complexity index is 646. The van der Waals surface area contributed by atoms with Crippen molar-refractivity contribution in [3.05, 3.63) is 41.5 Å². The maximum atomic E-state index is 14.1. The molecule has 8 heteroatoms. The topological polar surface area (TPSA) is 18.5 Å². The Balaban J connectivity index is 1.83. The molecule has 0 heterocycles. The van der Waals surface area contributed by atoms with Crippen molar-refractivity contribution in [2.24, 2.45) is 11.8 Å². The van der Waals surface area contributed by atoms with E-state index in [2.05, 4.69) is 15.5 Å². The van der Waals surface area contributed by atoms with E-state index in [1.54, 1.807) is 0 Å². The van der Waals surface area contributed by atoms with Crippen LogP contribution in [0.3, 0.4) is 0 Å². The lowest BCUT2D eigenvalue weighted by molar-refractivity contribution is -0.256. The van der Waals surface area contributed by atoms with Crippen molar-refractivity contribution >= 4 is 0 Å². The van der Waals surface area contributed by atoms with Gasteiger partial charge in [0, 0.05) is 6.42 Å². The summed E-state index contributed by atoms with van der Waals surface area (Å²) in [6.07, 6.45) is 5.48. The molecule has 1 aliphatic carbocycles. The number of alkyl halides is 4. The molecule has 1 aromatic rings. The van der Waals surface area contributed by atoms with Gasteiger partial charge in [0.2, 0.25) is 0 Å². The first-order valence-electron chi connectivity index (χ1n) is 9.76. The van der Waals surface area contributed by atoms with Crippen LogP contribution in [-0.2, 0) is 11.3 Å². The van der Waals surface area contributed by atoms with Gasteiger partial charge in [-0.3, -0.25) is 0 Å². The van der Waals surface area contributed by atoms with E-state index in [9.17, 15) is 26.3 Å². The SMILES string of the molecule is C/C=C/CCC1CCC(CC(F)(F)OCc2cc(F)c(OC(F)F)c(F)c2)CC1. The highest BCUT2D eigenvalue weighted by Crippen LogP contribution is 2.38. The third-order valence-corrected chi connectivity index (χ3v) is 5.18. The van der Waals surface area contributed by atoms with E-state index in [1.807, 2.05) is 13.0 Å². The molecule has 1 saturated carbocycles. The predicted octanol–water partition coefficient (Wildman–Crippen LogP) is 7.23. The minimum absolute atomic E-state index is 0.168. The Morgan fingerprint density at radius 3 is 2.21 bits per heavy atom. The molecular weight excluding hydrogens is 398 g/mol. The third kappa shape index (κ3) is 7.91. The average molecular weight is 424 g/mol. The number of hydrogen-bond acceptors (Lipinski definition) is 2. The summed E-state index contributed by atoms with van der Waals surface area (Å²) in [5, 5.41) is 0. The van der Waals surface area contributed by atoms with E-state index in [1.165, 1.54) is 0 Å². The van der Waals surface area contributed by atoms with E-state index in [-0.39, 0.29) is 11.5 Å². The van der Waals surface area contributed by atoms with Crippen molar-refractivity contribution in [3.63, 3.8) is 0 Å². The van der Waals surface area contributed by atoms with E-state index >= 15 is 0 Å². The molecule has 0 atom stereocenters. The van der Waals surface area contributed by atoms with E-state index < -0.39 is 43.1 Å². The van der Waals surface area contributed by atoms with Gasteiger partial charge in [0.05, 0.1) is 6.61 Å². The molecule has 1 aromatic carbocycles.